The summed E-state index contributed by atoms with van der Waals surface area (Å²) in [6, 6.07) is 9.99. The summed E-state index contributed by atoms with van der Waals surface area (Å²) in [5.41, 5.74) is 7.10. The molecule has 2 aromatic rings. The highest BCUT2D eigenvalue weighted by atomic mass is 79.9. The Labute approximate surface area is 123 Å². The Morgan fingerprint density at radius 1 is 1.25 bits per heavy atom. The Bertz CT molecular complexity index is 661. The maximum Gasteiger partial charge on any atom is 0.292 e. The minimum atomic E-state index is -0.512. The Balaban J connectivity index is 2.26. The van der Waals surface area contributed by atoms with Gasteiger partial charge in [-0.1, -0.05) is 0 Å². The summed E-state index contributed by atoms with van der Waals surface area (Å²) in [7, 11) is 1.58. The van der Waals surface area contributed by atoms with Crippen LogP contribution < -0.4 is 15.8 Å². The maximum absolute atomic E-state index is 10.7. The lowest BCUT2D eigenvalue weighted by atomic mass is 10.2. The fourth-order valence-corrected chi connectivity index (χ4v) is 2.11. The molecule has 0 heterocycles. The van der Waals surface area contributed by atoms with Gasteiger partial charge in [0.15, 0.2) is 0 Å². The van der Waals surface area contributed by atoms with E-state index in [4.69, 9.17) is 10.5 Å². The molecule has 20 heavy (non-hydrogen) atoms. The van der Waals surface area contributed by atoms with Gasteiger partial charge in [0.25, 0.3) is 5.69 Å². The largest absolute Gasteiger partial charge is 0.495 e. The molecule has 0 bridgehead atoms. The first-order valence-electron chi connectivity index (χ1n) is 5.65. The third-order valence-electron chi connectivity index (χ3n) is 2.66. The SMILES string of the molecule is COc1cc(Nc2ccc([N+](=O)[O-])c(N)c2)ccc1Br. The van der Waals surface area contributed by atoms with E-state index in [-0.39, 0.29) is 11.4 Å². The molecule has 0 aliphatic heterocycles. The first-order valence-corrected chi connectivity index (χ1v) is 6.45. The predicted octanol–water partition coefficient (Wildman–Crippen LogP) is 3.69. The Kier molecular flexibility index (Phi) is 4.09. The van der Waals surface area contributed by atoms with E-state index in [9.17, 15) is 10.1 Å². The van der Waals surface area contributed by atoms with Gasteiger partial charge in [-0.3, -0.25) is 10.1 Å². The summed E-state index contributed by atoms with van der Waals surface area (Å²) < 4.78 is 6.04. The number of methoxy groups -OCH3 is 1. The first kappa shape index (κ1) is 14.1. The number of halogens is 1. The fourth-order valence-electron chi connectivity index (χ4n) is 1.70. The normalized spacial score (nSPS) is 10.1. The summed E-state index contributed by atoms with van der Waals surface area (Å²) in [6.45, 7) is 0. The summed E-state index contributed by atoms with van der Waals surface area (Å²) in [5, 5.41) is 13.8. The average molecular weight is 338 g/mol. The van der Waals surface area contributed by atoms with Gasteiger partial charge in [0.05, 0.1) is 16.5 Å². The molecule has 2 rings (SSSR count). The molecule has 0 atom stereocenters. The van der Waals surface area contributed by atoms with Gasteiger partial charge in [-0.05, 0) is 40.2 Å². The number of ether oxygens (including phenoxy) is 1. The quantitative estimate of drug-likeness (QED) is 0.504. The number of benzene rings is 2. The molecule has 0 aromatic heterocycles. The highest BCUT2D eigenvalue weighted by molar-refractivity contribution is 9.10. The van der Waals surface area contributed by atoms with Gasteiger partial charge < -0.3 is 15.8 Å². The monoisotopic (exact) mass is 337 g/mol. The van der Waals surface area contributed by atoms with E-state index in [1.54, 1.807) is 13.2 Å². The van der Waals surface area contributed by atoms with E-state index in [2.05, 4.69) is 21.2 Å². The van der Waals surface area contributed by atoms with Crippen molar-refractivity contribution in [3.63, 3.8) is 0 Å². The molecular weight excluding hydrogens is 326 g/mol. The lowest BCUT2D eigenvalue weighted by Crippen LogP contribution is -1.98. The Morgan fingerprint density at radius 2 is 1.90 bits per heavy atom. The summed E-state index contributed by atoms with van der Waals surface area (Å²) in [5.74, 6) is 0.685. The van der Waals surface area contributed by atoms with Crippen LogP contribution in [0.2, 0.25) is 0 Å². The molecule has 0 saturated heterocycles. The molecule has 0 radical (unpaired) electrons. The van der Waals surface area contributed by atoms with Gasteiger partial charge in [-0.2, -0.15) is 0 Å². The highest BCUT2D eigenvalue weighted by Gasteiger charge is 2.11. The zero-order valence-electron chi connectivity index (χ0n) is 10.6. The fraction of sp³-hybridized carbons (Fsp3) is 0.0769. The molecule has 0 spiro atoms. The molecular formula is C13H12BrN3O3. The van der Waals surface area contributed by atoms with Crippen LogP contribution in [0.5, 0.6) is 5.75 Å². The van der Waals surface area contributed by atoms with Crippen molar-refractivity contribution in [2.75, 3.05) is 18.2 Å². The first-order chi connectivity index (χ1) is 9.51. The number of hydrogen-bond donors (Lipinski definition) is 2. The van der Waals surface area contributed by atoms with Crippen LogP contribution in [-0.2, 0) is 0 Å². The molecule has 3 N–H and O–H groups in total. The van der Waals surface area contributed by atoms with Crippen molar-refractivity contribution in [2.45, 2.75) is 0 Å². The number of nitrogens with zero attached hydrogens (tertiary/aromatic N) is 1. The van der Waals surface area contributed by atoms with Crippen molar-refractivity contribution in [3.05, 3.63) is 51.0 Å². The summed E-state index contributed by atoms with van der Waals surface area (Å²) in [6.07, 6.45) is 0. The molecule has 0 fully saturated rings. The number of nitrogen functional groups attached to an aromatic ring is 1. The van der Waals surface area contributed by atoms with Crippen molar-refractivity contribution >= 4 is 38.7 Å². The van der Waals surface area contributed by atoms with E-state index >= 15 is 0 Å². The Hall–Kier alpha value is -2.28. The van der Waals surface area contributed by atoms with Gasteiger partial charge in [0.2, 0.25) is 0 Å². The van der Waals surface area contributed by atoms with Crippen molar-refractivity contribution in [1.82, 2.24) is 0 Å². The molecule has 0 unspecified atom stereocenters. The third-order valence-corrected chi connectivity index (χ3v) is 3.32. The Morgan fingerprint density at radius 3 is 2.50 bits per heavy atom. The number of hydrogen-bond acceptors (Lipinski definition) is 5. The van der Waals surface area contributed by atoms with Crippen LogP contribution in [0.4, 0.5) is 22.7 Å². The summed E-state index contributed by atoms with van der Waals surface area (Å²) >= 11 is 3.37. The molecule has 0 amide bonds. The molecule has 0 saturated carbocycles. The number of nitro groups is 1. The van der Waals surface area contributed by atoms with E-state index in [1.807, 2.05) is 18.2 Å². The summed E-state index contributed by atoms with van der Waals surface area (Å²) in [4.78, 5) is 10.2. The van der Waals surface area contributed by atoms with Crippen molar-refractivity contribution in [3.8, 4) is 5.75 Å². The zero-order chi connectivity index (χ0) is 14.7. The standard InChI is InChI=1S/C13H12BrN3O3/c1-20-13-7-9(2-4-10(13)14)16-8-3-5-12(17(18)19)11(15)6-8/h2-7,16H,15H2,1H3. The van der Waals surface area contributed by atoms with Crippen LogP contribution >= 0.6 is 15.9 Å². The van der Waals surface area contributed by atoms with Gasteiger partial charge >= 0.3 is 0 Å². The second-order valence-corrected chi connectivity index (χ2v) is 4.86. The molecule has 104 valence electrons. The molecule has 2 aromatic carbocycles. The van der Waals surface area contributed by atoms with Gasteiger partial charge in [-0.15, -0.1) is 0 Å². The van der Waals surface area contributed by atoms with E-state index in [0.717, 1.165) is 10.2 Å². The molecule has 0 aliphatic rings. The number of rotatable bonds is 4. The minimum Gasteiger partial charge on any atom is -0.495 e. The van der Waals surface area contributed by atoms with E-state index in [0.29, 0.717) is 11.4 Å². The number of nitro benzene ring substituents is 1. The van der Waals surface area contributed by atoms with E-state index < -0.39 is 4.92 Å². The van der Waals surface area contributed by atoms with Crippen LogP contribution in [0.1, 0.15) is 0 Å². The molecule has 0 aliphatic carbocycles. The van der Waals surface area contributed by atoms with Crippen LogP contribution in [0, 0.1) is 10.1 Å². The topological polar surface area (TPSA) is 90.4 Å². The molecule has 7 heteroatoms. The van der Waals surface area contributed by atoms with Crippen molar-refractivity contribution in [2.24, 2.45) is 0 Å². The predicted molar refractivity (Wildman–Crippen MR) is 81.5 cm³/mol. The minimum absolute atomic E-state index is 0.107. The number of nitrogens with two attached hydrogens (primary N) is 1. The van der Waals surface area contributed by atoms with Crippen molar-refractivity contribution in [1.29, 1.82) is 0 Å². The maximum atomic E-state index is 10.7. The average Bonchev–Trinajstić information content (AvgIpc) is 2.40. The van der Waals surface area contributed by atoms with Gasteiger partial charge in [0, 0.05) is 23.5 Å². The third kappa shape index (κ3) is 3.00. The van der Waals surface area contributed by atoms with Crippen LogP contribution in [-0.4, -0.2) is 12.0 Å². The number of nitrogens with one attached hydrogen (secondary N) is 1. The lowest BCUT2D eigenvalue weighted by Gasteiger charge is -2.10. The second kappa shape index (κ2) is 5.79. The lowest BCUT2D eigenvalue weighted by molar-refractivity contribution is -0.383. The van der Waals surface area contributed by atoms with E-state index in [1.165, 1.54) is 12.1 Å². The van der Waals surface area contributed by atoms with Crippen molar-refractivity contribution < 1.29 is 9.66 Å². The van der Waals surface area contributed by atoms with Crippen LogP contribution in [0.3, 0.4) is 0 Å². The van der Waals surface area contributed by atoms with Crippen LogP contribution in [0.15, 0.2) is 40.9 Å². The smallest absolute Gasteiger partial charge is 0.292 e. The van der Waals surface area contributed by atoms with Crippen LogP contribution in [0.25, 0.3) is 0 Å². The molecule has 6 nitrogen and oxygen atoms in total. The highest BCUT2D eigenvalue weighted by Crippen LogP contribution is 2.31. The second-order valence-electron chi connectivity index (χ2n) is 4.01. The zero-order valence-corrected chi connectivity index (χ0v) is 12.2. The number of anilines is 3. The van der Waals surface area contributed by atoms with Gasteiger partial charge in [-0.25, -0.2) is 0 Å². The van der Waals surface area contributed by atoms with Gasteiger partial charge in [0.1, 0.15) is 11.4 Å².